The fourth-order valence-electron chi connectivity index (χ4n) is 3.33. The van der Waals surface area contributed by atoms with Crippen LogP contribution in [0.1, 0.15) is 24.4 Å². The highest BCUT2D eigenvalue weighted by atomic mass is 35.5. The van der Waals surface area contributed by atoms with Crippen LogP contribution in [-0.2, 0) is 6.54 Å². The fraction of sp³-hybridized carbons (Fsp3) is 0.174. The van der Waals surface area contributed by atoms with Gasteiger partial charge in [0.2, 0.25) is 0 Å². The maximum absolute atomic E-state index is 12.4. The van der Waals surface area contributed by atoms with Gasteiger partial charge in [0.05, 0.1) is 11.0 Å². The van der Waals surface area contributed by atoms with Gasteiger partial charge in [0, 0.05) is 11.6 Å². The number of benzene rings is 3. The predicted molar refractivity (Wildman–Crippen MR) is 112 cm³/mol. The summed E-state index contributed by atoms with van der Waals surface area (Å²) in [5.41, 5.74) is 2.35. The molecule has 0 saturated heterocycles. The number of hydrogen-bond acceptors (Lipinski definition) is 3. The molecule has 1 unspecified atom stereocenters. The molecule has 0 spiro atoms. The highest BCUT2D eigenvalue weighted by molar-refractivity contribution is 6.31. The molecule has 0 aliphatic carbocycles. The quantitative estimate of drug-likeness (QED) is 0.327. The number of ether oxygens (including phenoxy) is 2. The van der Waals surface area contributed by atoms with Crippen molar-refractivity contribution < 1.29 is 22.6 Å². The second-order valence-corrected chi connectivity index (χ2v) is 7.39. The lowest BCUT2D eigenvalue weighted by Crippen LogP contribution is -2.17. The molecule has 31 heavy (non-hydrogen) atoms. The number of fused-ring (bicyclic) bond motifs is 1. The van der Waals surface area contributed by atoms with Crippen molar-refractivity contribution in [3.8, 4) is 11.5 Å². The Kier molecular flexibility index (Phi) is 5.78. The molecule has 0 aliphatic rings. The first kappa shape index (κ1) is 21.1. The molecular weight excluding hydrogens is 429 g/mol. The lowest BCUT2D eigenvalue weighted by Gasteiger charge is -2.17. The summed E-state index contributed by atoms with van der Waals surface area (Å²) in [5.74, 6) is 1.12. The molecular formula is C23H18ClF3N2O2. The highest BCUT2D eigenvalue weighted by Gasteiger charge is 2.31. The van der Waals surface area contributed by atoms with Crippen LogP contribution in [0, 0.1) is 0 Å². The molecule has 1 heterocycles. The van der Waals surface area contributed by atoms with Crippen molar-refractivity contribution in [3.63, 3.8) is 0 Å². The normalized spacial score (nSPS) is 12.7. The molecule has 0 amide bonds. The Bertz CT molecular complexity index is 1180. The first-order valence-electron chi connectivity index (χ1n) is 9.50. The van der Waals surface area contributed by atoms with Gasteiger partial charge < -0.3 is 14.0 Å². The minimum absolute atomic E-state index is 0.264. The zero-order valence-corrected chi connectivity index (χ0v) is 17.2. The molecule has 8 heteroatoms. The summed E-state index contributed by atoms with van der Waals surface area (Å²) in [6.45, 7) is 2.29. The van der Waals surface area contributed by atoms with Crippen molar-refractivity contribution in [1.82, 2.24) is 9.55 Å². The summed E-state index contributed by atoms with van der Waals surface area (Å²) in [7, 11) is 0. The van der Waals surface area contributed by atoms with Crippen molar-refractivity contribution in [2.75, 3.05) is 0 Å². The minimum Gasteiger partial charge on any atom is -0.483 e. The first-order chi connectivity index (χ1) is 14.8. The molecule has 0 aliphatic heterocycles. The molecule has 4 nitrogen and oxygen atoms in total. The van der Waals surface area contributed by atoms with E-state index >= 15 is 0 Å². The number of rotatable bonds is 6. The van der Waals surface area contributed by atoms with Crippen LogP contribution in [0.15, 0.2) is 72.8 Å². The third-order valence-corrected chi connectivity index (χ3v) is 4.89. The average Bonchev–Trinajstić information content (AvgIpc) is 3.06. The van der Waals surface area contributed by atoms with E-state index in [1.165, 1.54) is 12.1 Å². The van der Waals surface area contributed by atoms with E-state index in [0.29, 0.717) is 28.7 Å². The minimum atomic E-state index is -4.72. The van der Waals surface area contributed by atoms with Gasteiger partial charge in [-0.2, -0.15) is 0 Å². The van der Waals surface area contributed by atoms with E-state index in [1.807, 2.05) is 47.9 Å². The molecule has 0 saturated carbocycles. The molecule has 4 rings (SSSR count). The Labute approximate surface area is 181 Å². The third-order valence-electron chi connectivity index (χ3n) is 4.66. The van der Waals surface area contributed by atoms with Gasteiger partial charge in [0.25, 0.3) is 0 Å². The summed E-state index contributed by atoms with van der Waals surface area (Å²) in [4.78, 5) is 4.71. The van der Waals surface area contributed by atoms with E-state index in [4.69, 9.17) is 21.3 Å². The number of hydrogen-bond donors (Lipinski definition) is 0. The first-order valence-corrected chi connectivity index (χ1v) is 9.88. The largest absolute Gasteiger partial charge is 0.573 e. The maximum Gasteiger partial charge on any atom is 0.573 e. The molecule has 0 N–H and O–H groups in total. The summed E-state index contributed by atoms with van der Waals surface area (Å²) in [5, 5.41) is 0.564. The molecule has 1 atom stereocenters. The summed E-state index contributed by atoms with van der Waals surface area (Å²) >= 11 is 6.13. The van der Waals surface area contributed by atoms with E-state index in [-0.39, 0.29) is 11.9 Å². The molecule has 1 aromatic heterocycles. The van der Waals surface area contributed by atoms with Crippen LogP contribution in [0.3, 0.4) is 0 Å². The Morgan fingerprint density at radius 1 is 0.968 bits per heavy atom. The van der Waals surface area contributed by atoms with Crippen molar-refractivity contribution in [2.45, 2.75) is 25.9 Å². The van der Waals surface area contributed by atoms with Gasteiger partial charge in [-0.1, -0.05) is 41.9 Å². The van der Waals surface area contributed by atoms with Gasteiger partial charge in [-0.15, -0.1) is 13.2 Å². The number of halogens is 4. The zero-order chi connectivity index (χ0) is 22.0. The molecule has 0 fully saturated rings. The second kappa shape index (κ2) is 8.51. The third kappa shape index (κ3) is 5.11. The summed E-state index contributed by atoms with van der Waals surface area (Å²) in [6.07, 6.45) is -5.10. The van der Waals surface area contributed by atoms with Crippen LogP contribution in [0.2, 0.25) is 5.02 Å². The lowest BCUT2D eigenvalue weighted by molar-refractivity contribution is -0.274. The van der Waals surface area contributed by atoms with Crippen molar-refractivity contribution in [2.24, 2.45) is 0 Å². The van der Waals surface area contributed by atoms with Crippen LogP contribution < -0.4 is 9.47 Å². The van der Waals surface area contributed by atoms with Crippen LogP contribution in [0.4, 0.5) is 13.2 Å². The number of para-hydroxylation sites is 1. The highest BCUT2D eigenvalue weighted by Crippen LogP contribution is 2.28. The molecule has 3 aromatic carbocycles. The van der Waals surface area contributed by atoms with Gasteiger partial charge in [0.15, 0.2) is 11.9 Å². The Balaban J connectivity index is 1.66. The Hall–Kier alpha value is -3.19. The SMILES string of the molecule is CC(Oc1ccccc1)c1nc2cc(Cl)ccc2n1Cc1ccc(OC(F)(F)F)cc1. The number of nitrogens with zero attached hydrogens (tertiary/aromatic N) is 2. The second-order valence-electron chi connectivity index (χ2n) is 6.95. The molecule has 4 aromatic rings. The van der Waals surface area contributed by atoms with Gasteiger partial charge in [-0.3, -0.25) is 0 Å². The van der Waals surface area contributed by atoms with Crippen LogP contribution in [-0.4, -0.2) is 15.9 Å². The monoisotopic (exact) mass is 446 g/mol. The Morgan fingerprint density at radius 3 is 2.35 bits per heavy atom. The van der Waals surface area contributed by atoms with E-state index in [0.717, 1.165) is 11.1 Å². The van der Waals surface area contributed by atoms with E-state index in [2.05, 4.69) is 4.74 Å². The standard InChI is InChI=1S/C23H18ClF3N2O2/c1-15(30-18-5-3-2-4-6-18)22-28-20-13-17(24)9-12-21(20)29(22)14-16-7-10-19(11-8-16)31-23(25,26)27/h2-13,15H,14H2,1H3. The number of alkyl halides is 3. The maximum atomic E-state index is 12.4. The number of aromatic nitrogens is 2. The van der Waals surface area contributed by atoms with Crippen LogP contribution in [0.5, 0.6) is 11.5 Å². The van der Waals surface area contributed by atoms with Gasteiger partial charge in [-0.05, 0) is 55.0 Å². The Morgan fingerprint density at radius 2 is 1.68 bits per heavy atom. The van der Waals surface area contributed by atoms with Gasteiger partial charge in [-0.25, -0.2) is 4.98 Å². The van der Waals surface area contributed by atoms with Crippen LogP contribution >= 0.6 is 11.6 Å². The summed E-state index contributed by atoms with van der Waals surface area (Å²) < 4.78 is 49.2. The molecule has 0 bridgehead atoms. The van der Waals surface area contributed by atoms with E-state index in [1.54, 1.807) is 24.3 Å². The lowest BCUT2D eigenvalue weighted by atomic mass is 10.2. The fourth-order valence-corrected chi connectivity index (χ4v) is 3.50. The number of imidazole rings is 1. The average molecular weight is 447 g/mol. The molecule has 160 valence electrons. The summed E-state index contributed by atoms with van der Waals surface area (Å²) in [6, 6.07) is 20.6. The van der Waals surface area contributed by atoms with Crippen molar-refractivity contribution >= 4 is 22.6 Å². The zero-order valence-electron chi connectivity index (χ0n) is 16.4. The van der Waals surface area contributed by atoms with Gasteiger partial charge >= 0.3 is 6.36 Å². The van der Waals surface area contributed by atoms with Crippen molar-refractivity contribution in [3.05, 3.63) is 89.2 Å². The smallest absolute Gasteiger partial charge is 0.483 e. The van der Waals surface area contributed by atoms with Crippen molar-refractivity contribution in [1.29, 1.82) is 0 Å². The van der Waals surface area contributed by atoms with Gasteiger partial charge in [0.1, 0.15) is 11.5 Å². The predicted octanol–water partition coefficient (Wildman–Crippen LogP) is 6.78. The molecule has 0 radical (unpaired) electrons. The van der Waals surface area contributed by atoms with E-state index in [9.17, 15) is 13.2 Å². The topological polar surface area (TPSA) is 36.3 Å². The van der Waals surface area contributed by atoms with Crippen LogP contribution in [0.25, 0.3) is 11.0 Å². The van der Waals surface area contributed by atoms with E-state index < -0.39 is 6.36 Å².